The fourth-order valence-corrected chi connectivity index (χ4v) is 2.39. The molecule has 1 saturated carbocycles. The minimum Gasteiger partial charge on any atom is -0.396 e. The van der Waals surface area contributed by atoms with Crippen LogP contribution in [-0.4, -0.2) is 11.7 Å². The average molecular weight is 170 g/mol. The van der Waals surface area contributed by atoms with Crippen LogP contribution in [0.3, 0.4) is 0 Å². The predicted molar refractivity (Wildman–Crippen MR) is 52.0 cm³/mol. The van der Waals surface area contributed by atoms with E-state index in [9.17, 15) is 0 Å². The van der Waals surface area contributed by atoms with Crippen LogP contribution < -0.4 is 0 Å². The highest BCUT2D eigenvalue weighted by atomic mass is 16.3. The topological polar surface area (TPSA) is 20.2 Å². The van der Waals surface area contributed by atoms with E-state index >= 15 is 0 Å². The Morgan fingerprint density at radius 3 is 2.67 bits per heavy atom. The van der Waals surface area contributed by atoms with Gasteiger partial charge in [0.1, 0.15) is 0 Å². The van der Waals surface area contributed by atoms with Gasteiger partial charge in [-0.15, -0.1) is 0 Å². The van der Waals surface area contributed by atoms with Crippen LogP contribution in [-0.2, 0) is 0 Å². The Bertz CT molecular complexity index is 140. The van der Waals surface area contributed by atoms with Gasteiger partial charge in [-0.2, -0.15) is 0 Å². The van der Waals surface area contributed by atoms with Crippen molar-refractivity contribution >= 4 is 0 Å². The van der Waals surface area contributed by atoms with Crippen molar-refractivity contribution in [2.75, 3.05) is 6.61 Å². The van der Waals surface area contributed by atoms with Gasteiger partial charge in [0.25, 0.3) is 0 Å². The zero-order chi connectivity index (χ0) is 9.19. The van der Waals surface area contributed by atoms with Crippen molar-refractivity contribution < 1.29 is 5.11 Å². The third-order valence-electron chi connectivity index (χ3n) is 3.34. The number of rotatable bonds is 2. The van der Waals surface area contributed by atoms with Crippen LogP contribution in [0.5, 0.6) is 0 Å². The first-order chi connectivity index (χ1) is 5.55. The van der Waals surface area contributed by atoms with Crippen LogP contribution in [0.1, 0.15) is 46.5 Å². The van der Waals surface area contributed by atoms with Crippen LogP contribution in [0.2, 0.25) is 0 Å². The van der Waals surface area contributed by atoms with Crippen molar-refractivity contribution in [3.05, 3.63) is 0 Å². The minimum atomic E-state index is 0.362. The minimum absolute atomic E-state index is 0.362. The van der Waals surface area contributed by atoms with Crippen molar-refractivity contribution in [1.82, 2.24) is 0 Å². The molecule has 0 amide bonds. The highest BCUT2D eigenvalue weighted by molar-refractivity contribution is 4.81. The first-order valence-electron chi connectivity index (χ1n) is 5.16. The smallest absolute Gasteiger partial charge is 0.0459 e. The maximum absolute atomic E-state index is 9.06. The summed E-state index contributed by atoms with van der Waals surface area (Å²) in [5.74, 6) is 1.27. The first kappa shape index (κ1) is 10.0. The molecule has 0 heterocycles. The van der Waals surface area contributed by atoms with Crippen molar-refractivity contribution in [3.8, 4) is 0 Å². The third kappa shape index (κ3) is 2.48. The summed E-state index contributed by atoms with van der Waals surface area (Å²) in [6.07, 6.45) is 5.34. The van der Waals surface area contributed by atoms with Gasteiger partial charge in [0.2, 0.25) is 0 Å². The van der Waals surface area contributed by atoms with E-state index in [1.165, 1.54) is 25.7 Å². The molecule has 12 heavy (non-hydrogen) atoms. The van der Waals surface area contributed by atoms with Crippen LogP contribution in [0.25, 0.3) is 0 Å². The summed E-state index contributed by atoms with van der Waals surface area (Å²) in [6.45, 7) is 7.24. The molecule has 72 valence electrons. The number of aliphatic hydroxyl groups is 1. The number of aliphatic hydroxyl groups excluding tert-OH is 1. The number of hydrogen-bond donors (Lipinski definition) is 1. The molecule has 1 N–H and O–H groups in total. The van der Waals surface area contributed by atoms with Gasteiger partial charge in [0.05, 0.1) is 0 Å². The summed E-state index contributed by atoms with van der Waals surface area (Å²) < 4.78 is 0. The Hall–Kier alpha value is -0.0400. The van der Waals surface area contributed by atoms with Gasteiger partial charge in [0, 0.05) is 6.61 Å². The lowest BCUT2D eigenvalue weighted by Crippen LogP contribution is -2.27. The summed E-state index contributed by atoms with van der Waals surface area (Å²) in [4.78, 5) is 0. The molecule has 0 aromatic carbocycles. The second kappa shape index (κ2) is 3.78. The molecule has 1 unspecified atom stereocenters. The monoisotopic (exact) mass is 170 g/mol. The van der Waals surface area contributed by atoms with E-state index < -0.39 is 0 Å². The maximum atomic E-state index is 9.06. The first-order valence-corrected chi connectivity index (χ1v) is 5.16. The van der Waals surface area contributed by atoms with Gasteiger partial charge < -0.3 is 5.11 Å². The van der Waals surface area contributed by atoms with Crippen molar-refractivity contribution in [2.45, 2.75) is 46.5 Å². The summed E-state index contributed by atoms with van der Waals surface area (Å²) in [7, 11) is 0. The third-order valence-corrected chi connectivity index (χ3v) is 3.34. The molecule has 0 bridgehead atoms. The van der Waals surface area contributed by atoms with Crippen molar-refractivity contribution in [3.63, 3.8) is 0 Å². The second-order valence-electron chi connectivity index (χ2n) is 5.18. The van der Waals surface area contributed by atoms with E-state index in [1.807, 2.05) is 0 Å². The quantitative estimate of drug-likeness (QED) is 0.675. The van der Waals surface area contributed by atoms with Crippen molar-refractivity contribution in [2.24, 2.45) is 17.3 Å². The lowest BCUT2D eigenvalue weighted by molar-refractivity contribution is 0.103. The lowest BCUT2D eigenvalue weighted by Gasteiger charge is -2.37. The normalized spacial score (nSPS) is 31.5. The SMILES string of the molecule is C[C@@H](CO)C1CCCC(C)(C)C1. The molecule has 1 rings (SSSR count). The Kier molecular flexibility index (Phi) is 3.16. The molecule has 2 atom stereocenters. The van der Waals surface area contributed by atoms with E-state index in [4.69, 9.17) is 5.11 Å². The molecule has 0 aliphatic heterocycles. The molecule has 1 nitrogen and oxygen atoms in total. The summed E-state index contributed by atoms with van der Waals surface area (Å²) in [6, 6.07) is 0. The van der Waals surface area contributed by atoms with E-state index in [2.05, 4.69) is 20.8 Å². The van der Waals surface area contributed by atoms with Crippen molar-refractivity contribution in [1.29, 1.82) is 0 Å². The summed E-state index contributed by atoms with van der Waals surface area (Å²) >= 11 is 0. The van der Waals surface area contributed by atoms with Gasteiger partial charge in [-0.3, -0.25) is 0 Å². The van der Waals surface area contributed by atoms with Crippen LogP contribution in [0, 0.1) is 17.3 Å². The van der Waals surface area contributed by atoms with E-state index in [0.717, 1.165) is 5.92 Å². The zero-order valence-corrected chi connectivity index (χ0v) is 8.64. The van der Waals surface area contributed by atoms with Gasteiger partial charge >= 0.3 is 0 Å². The molecule has 1 fully saturated rings. The Morgan fingerprint density at radius 1 is 1.50 bits per heavy atom. The molecule has 0 aromatic heterocycles. The molecule has 1 heteroatoms. The number of hydrogen-bond acceptors (Lipinski definition) is 1. The second-order valence-corrected chi connectivity index (χ2v) is 5.18. The summed E-state index contributed by atoms with van der Waals surface area (Å²) in [5.41, 5.74) is 0.520. The highest BCUT2D eigenvalue weighted by Crippen LogP contribution is 2.41. The maximum Gasteiger partial charge on any atom is 0.0459 e. The molecule has 0 aromatic rings. The molecule has 1 aliphatic rings. The van der Waals surface area contributed by atoms with Crippen LogP contribution >= 0.6 is 0 Å². The Balaban J connectivity index is 2.46. The molecule has 0 saturated heterocycles. The predicted octanol–water partition coefficient (Wildman–Crippen LogP) is 2.83. The molecular formula is C11H22O. The van der Waals surface area contributed by atoms with Gasteiger partial charge in [0.15, 0.2) is 0 Å². The summed E-state index contributed by atoms with van der Waals surface area (Å²) in [5, 5.41) is 9.06. The van der Waals surface area contributed by atoms with Crippen LogP contribution in [0.4, 0.5) is 0 Å². The molecular weight excluding hydrogens is 148 g/mol. The Morgan fingerprint density at radius 2 is 2.17 bits per heavy atom. The Labute approximate surface area is 76.2 Å². The van der Waals surface area contributed by atoms with Gasteiger partial charge in [-0.1, -0.05) is 33.6 Å². The standard InChI is InChI=1S/C11H22O/c1-9(8-12)10-5-4-6-11(2,3)7-10/h9-10,12H,4-8H2,1-3H3/t9-,10?/m0/s1. The fraction of sp³-hybridized carbons (Fsp3) is 1.00. The molecule has 1 aliphatic carbocycles. The average Bonchev–Trinajstić information content (AvgIpc) is 2.01. The largest absolute Gasteiger partial charge is 0.396 e. The van der Waals surface area contributed by atoms with E-state index in [1.54, 1.807) is 0 Å². The zero-order valence-electron chi connectivity index (χ0n) is 8.64. The van der Waals surface area contributed by atoms with Gasteiger partial charge in [-0.25, -0.2) is 0 Å². The molecule has 0 radical (unpaired) electrons. The molecule has 0 spiro atoms. The van der Waals surface area contributed by atoms with Gasteiger partial charge in [-0.05, 0) is 30.1 Å². The highest BCUT2D eigenvalue weighted by Gasteiger charge is 2.30. The van der Waals surface area contributed by atoms with E-state index in [-0.39, 0.29) is 0 Å². The van der Waals surface area contributed by atoms with E-state index in [0.29, 0.717) is 17.9 Å². The lowest BCUT2D eigenvalue weighted by atomic mass is 9.69. The van der Waals surface area contributed by atoms with Crippen LogP contribution in [0.15, 0.2) is 0 Å². The fourth-order valence-electron chi connectivity index (χ4n) is 2.39.